The van der Waals surface area contributed by atoms with Crippen LogP contribution in [0.3, 0.4) is 0 Å². The minimum atomic E-state index is -1.23. The number of carboxylic acid groups (broad SMARTS) is 1. The van der Waals surface area contributed by atoms with E-state index in [2.05, 4.69) is 22.5 Å². The third-order valence-electron chi connectivity index (χ3n) is 5.01. The molecule has 142 valence electrons. The first-order chi connectivity index (χ1) is 13.6. The highest BCUT2D eigenvalue weighted by Gasteiger charge is 2.30. The van der Waals surface area contributed by atoms with Gasteiger partial charge in [0.15, 0.2) is 6.04 Å². The van der Waals surface area contributed by atoms with Gasteiger partial charge < -0.3 is 15.2 Å². The fraction of sp³-hybridized carbons (Fsp3) is 0.190. The summed E-state index contributed by atoms with van der Waals surface area (Å²) in [4.78, 5) is 23.9. The van der Waals surface area contributed by atoms with Crippen molar-refractivity contribution in [3.8, 4) is 11.1 Å². The number of aliphatic carboxylic acids is 1. The lowest BCUT2D eigenvalue weighted by Crippen LogP contribution is -2.36. The Balaban J connectivity index is 1.49. The molecule has 7 nitrogen and oxygen atoms in total. The third kappa shape index (κ3) is 3.11. The second-order valence-electron chi connectivity index (χ2n) is 6.62. The van der Waals surface area contributed by atoms with Crippen molar-refractivity contribution in [2.75, 3.05) is 6.61 Å². The van der Waals surface area contributed by atoms with Crippen LogP contribution in [0.2, 0.25) is 0 Å². The molecule has 7 heteroatoms. The van der Waals surface area contributed by atoms with Crippen molar-refractivity contribution in [2.45, 2.75) is 12.0 Å². The average Bonchev–Trinajstić information content (AvgIpc) is 3.25. The van der Waals surface area contributed by atoms with E-state index in [1.54, 1.807) is 13.1 Å². The minimum absolute atomic E-state index is 0.0851. The molecule has 1 unspecified atom stereocenters. The van der Waals surface area contributed by atoms with Crippen molar-refractivity contribution in [3.05, 3.63) is 77.6 Å². The summed E-state index contributed by atoms with van der Waals surface area (Å²) in [5.41, 5.74) is 4.81. The number of nitrogens with one attached hydrogen (secondary N) is 1. The van der Waals surface area contributed by atoms with Crippen LogP contribution in [0.1, 0.15) is 28.8 Å². The maximum atomic E-state index is 12.3. The summed E-state index contributed by atoms with van der Waals surface area (Å²) >= 11 is 0. The number of ether oxygens (including phenoxy) is 1. The number of nitrogens with zero attached hydrogens (tertiary/aromatic N) is 2. The molecule has 28 heavy (non-hydrogen) atoms. The van der Waals surface area contributed by atoms with Gasteiger partial charge in [0.2, 0.25) is 0 Å². The summed E-state index contributed by atoms with van der Waals surface area (Å²) < 4.78 is 6.82. The van der Waals surface area contributed by atoms with Gasteiger partial charge in [-0.05, 0) is 28.3 Å². The lowest BCUT2D eigenvalue weighted by Gasteiger charge is -2.17. The highest BCUT2D eigenvalue weighted by molar-refractivity contribution is 5.81. The lowest BCUT2D eigenvalue weighted by molar-refractivity contribution is -0.139. The Morgan fingerprint density at radius 1 is 1.11 bits per heavy atom. The molecule has 1 atom stereocenters. The number of hydrogen-bond acceptors (Lipinski definition) is 4. The number of fused-ring (bicyclic) bond motifs is 3. The molecule has 3 aromatic rings. The Kier molecular flexibility index (Phi) is 4.57. The van der Waals surface area contributed by atoms with Crippen LogP contribution in [0.25, 0.3) is 11.1 Å². The van der Waals surface area contributed by atoms with Crippen molar-refractivity contribution in [1.29, 1.82) is 0 Å². The van der Waals surface area contributed by atoms with Gasteiger partial charge in [-0.2, -0.15) is 5.10 Å². The van der Waals surface area contributed by atoms with E-state index in [0.29, 0.717) is 5.69 Å². The smallest absolute Gasteiger partial charge is 0.408 e. The van der Waals surface area contributed by atoms with Gasteiger partial charge in [-0.15, -0.1) is 0 Å². The van der Waals surface area contributed by atoms with Crippen LogP contribution in [0, 0.1) is 0 Å². The Labute approximate surface area is 161 Å². The zero-order valence-corrected chi connectivity index (χ0v) is 15.2. The Morgan fingerprint density at radius 3 is 2.25 bits per heavy atom. The Hall–Kier alpha value is -3.61. The molecule has 1 aromatic heterocycles. The molecule has 1 aliphatic rings. The quantitative estimate of drug-likeness (QED) is 0.713. The number of carboxylic acids is 1. The molecule has 1 amide bonds. The van der Waals surface area contributed by atoms with Crippen molar-refractivity contribution in [3.63, 3.8) is 0 Å². The number of carbonyl (C=O) groups is 2. The second kappa shape index (κ2) is 7.19. The van der Waals surface area contributed by atoms with E-state index in [4.69, 9.17) is 4.74 Å². The van der Waals surface area contributed by atoms with Crippen LogP contribution in [0.15, 0.2) is 60.8 Å². The summed E-state index contributed by atoms with van der Waals surface area (Å²) in [6, 6.07) is 16.3. The van der Waals surface area contributed by atoms with E-state index >= 15 is 0 Å². The molecular weight excluding hydrogens is 358 g/mol. The SMILES string of the molecule is Cn1nccc1C(NC(=O)OCC1c2ccccc2-c2ccccc21)C(=O)O. The van der Waals surface area contributed by atoms with E-state index in [-0.39, 0.29) is 12.5 Å². The summed E-state index contributed by atoms with van der Waals surface area (Å²) in [7, 11) is 1.62. The maximum absolute atomic E-state index is 12.3. The first kappa shape index (κ1) is 17.8. The number of aromatic nitrogens is 2. The summed E-state index contributed by atoms with van der Waals surface area (Å²) in [6.45, 7) is 0.123. The summed E-state index contributed by atoms with van der Waals surface area (Å²) in [5, 5.41) is 15.8. The Morgan fingerprint density at radius 2 is 1.71 bits per heavy atom. The summed E-state index contributed by atoms with van der Waals surface area (Å²) in [5.74, 6) is -1.27. The molecule has 0 spiro atoms. The standard InChI is InChI=1S/C21H19N3O4/c1-24-18(10-11-22-24)19(20(25)26)23-21(27)28-12-17-15-8-4-2-6-13(15)14-7-3-5-9-16(14)17/h2-11,17,19H,12H2,1H3,(H,23,27)(H,25,26). The lowest BCUT2D eigenvalue weighted by atomic mass is 9.98. The summed E-state index contributed by atoms with van der Waals surface area (Å²) in [6.07, 6.45) is 0.695. The molecule has 0 aliphatic heterocycles. The van der Waals surface area contributed by atoms with Crippen molar-refractivity contribution in [2.24, 2.45) is 7.05 Å². The predicted octanol–water partition coefficient (Wildman–Crippen LogP) is 3.08. The molecular formula is C21H19N3O4. The second-order valence-corrected chi connectivity index (χ2v) is 6.62. The zero-order chi connectivity index (χ0) is 19.7. The Bertz CT molecular complexity index is 998. The van der Waals surface area contributed by atoms with Gasteiger partial charge in [-0.1, -0.05) is 48.5 Å². The zero-order valence-electron chi connectivity index (χ0n) is 15.2. The highest BCUT2D eigenvalue weighted by Crippen LogP contribution is 2.44. The van der Waals surface area contributed by atoms with Crippen LogP contribution in [0.4, 0.5) is 4.79 Å². The molecule has 0 saturated heterocycles. The predicted molar refractivity (Wildman–Crippen MR) is 102 cm³/mol. The van der Waals surface area contributed by atoms with Crippen LogP contribution in [-0.2, 0) is 16.6 Å². The van der Waals surface area contributed by atoms with Gasteiger partial charge in [-0.25, -0.2) is 9.59 Å². The molecule has 2 N–H and O–H groups in total. The van der Waals surface area contributed by atoms with Crippen molar-refractivity contribution < 1.29 is 19.4 Å². The number of carbonyl (C=O) groups excluding carboxylic acids is 1. The fourth-order valence-corrected chi connectivity index (χ4v) is 3.69. The molecule has 0 saturated carbocycles. The topological polar surface area (TPSA) is 93.5 Å². The van der Waals surface area contributed by atoms with E-state index < -0.39 is 18.1 Å². The molecule has 0 radical (unpaired) electrons. The molecule has 4 rings (SSSR count). The number of rotatable bonds is 5. The number of aryl methyl sites for hydroxylation is 1. The van der Waals surface area contributed by atoms with Crippen LogP contribution in [0.5, 0.6) is 0 Å². The third-order valence-corrected chi connectivity index (χ3v) is 5.01. The highest BCUT2D eigenvalue weighted by atomic mass is 16.5. The van der Waals surface area contributed by atoms with E-state index in [1.807, 2.05) is 36.4 Å². The minimum Gasteiger partial charge on any atom is -0.479 e. The fourth-order valence-electron chi connectivity index (χ4n) is 3.69. The van der Waals surface area contributed by atoms with Crippen LogP contribution >= 0.6 is 0 Å². The number of benzene rings is 2. The van der Waals surface area contributed by atoms with Gasteiger partial charge >= 0.3 is 12.1 Å². The number of hydrogen-bond donors (Lipinski definition) is 2. The van der Waals surface area contributed by atoms with Crippen molar-refractivity contribution in [1.82, 2.24) is 15.1 Å². The van der Waals surface area contributed by atoms with Gasteiger partial charge in [-0.3, -0.25) is 4.68 Å². The normalized spacial score (nSPS) is 13.5. The largest absolute Gasteiger partial charge is 0.479 e. The first-order valence-electron chi connectivity index (χ1n) is 8.88. The average molecular weight is 377 g/mol. The maximum Gasteiger partial charge on any atom is 0.408 e. The van der Waals surface area contributed by atoms with E-state index in [1.165, 1.54) is 10.9 Å². The van der Waals surface area contributed by atoms with Crippen molar-refractivity contribution >= 4 is 12.1 Å². The van der Waals surface area contributed by atoms with Gasteiger partial charge in [0, 0.05) is 19.2 Å². The van der Waals surface area contributed by atoms with Gasteiger partial charge in [0.25, 0.3) is 0 Å². The first-order valence-corrected chi connectivity index (χ1v) is 8.88. The molecule has 0 bridgehead atoms. The van der Waals surface area contributed by atoms with Gasteiger partial charge in [0.1, 0.15) is 6.61 Å². The number of alkyl carbamates (subject to hydrolysis) is 1. The van der Waals surface area contributed by atoms with Crippen LogP contribution < -0.4 is 5.32 Å². The molecule has 1 aliphatic carbocycles. The molecule has 2 aromatic carbocycles. The monoisotopic (exact) mass is 377 g/mol. The van der Waals surface area contributed by atoms with E-state index in [9.17, 15) is 14.7 Å². The molecule has 1 heterocycles. The van der Waals surface area contributed by atoms with Crippen LogP contribution in [-0.4, -0.2) is 33.6 Å². The van der Waals surface area contributed by atoms with E-state index in [0.717, 1.165) is 22.3 Å². The molecule has 0 fully saturated rings. The number of amides is 1. The van der Waals surface area contributed by atoms with Gasteiger partial charge in [0.05, 0.1) is 5.69 Å².